The first-order chi connectivity index (χ1) is 9.35. The molecule has 1 aromatic heterocycles. The van der Waals surface area contributed by atoms with E-state index in [9.17, 15) is 0 Å². The van der Waals surface area contributed by atoms with Crippen molar-refractivity contribution in [2.75, 3.05) is 13.2 Å². The Labute approximate surface area is 112 Å². The molecule has 0 spiro atoms. The van der Waals surface area contributed by atoms with Crippen LogP contribution < -0.4 is 5.32 Å². The molecule has 98 valence electrons. The van der Waals surface area contributed by atoms with Crippen LogP contribution in [0, 0.1) is 11.3 Å². The molecular formula is C14H16N4O. The average Bonchev–Trinajstić information content (AvgIpc) is 2.94. The number of para-hydroxylation sites is 1. The van der Waals surface area contributed by atoms with E-state index in [1.54, 1.807) is 10.9 Å². The van der Waals surface area contributed by atoms with Crippen molar-refractivity contribution in [3.63, 3.8) is 0 Å². The quantitative estimate of drug-likeness (QED) is 0.766. The van der Waals surface area contributed by atoms with Crippen LogP contribution in [0.25, 0.3) is 5.69 Å². The van der Waals surface area contributed by atoms with E-state index in [1.165, 1.54) is 0 Å². The van der Waals surface area contributed by atoms with Crippen molar-refractivity contribution < 1.29 is 5.11 Å². The highest BCUT2D eigenvalue weighted by Crippen LogP contribution is 2.14. The number of nitriles is 1. The SMILES string of the molecule is N#CC(NCCCO)c1cnn(-c2ccccc2)c1. The first-order valence-electron chi connectivity index (χ1n) is 6.19. The van der Waals surface area contributed by atoms with Crippen LogP contribution in [-0.4, -0.2) is 28.0 Å². The molecule has 0 aliphatic carbocycles. The Bertz CT molecular complexity index is 544. The van der Waals surface area contributed by atoms with Gasteiger partial charge in [0.05, 0.1) is 18.0 Å². The van der Waals surface area contributed by atoms with Crippen molar-refractivity contribution in [1.29, 1.82) is 5.26 Å². The molecule has 0 bridgehead atoms. The van der Waals surface area contributed by atoms with E-state index < -0.39 is 6.04 Å². The average molecular weight is 256 g/mol. The first kappa shape index (κ1) is 13.3. The minimum atomic E-state index is -0.399. The number of aromatic nitrogens is 2. The summed E-state index contributed by atoms with van der Waals surface area (Å²) in [5, 5.41) is 25.2. The van der Waals surface area contributed by atoms with Crippen LogP contribution in [0.3, 0.4) is 0 Å². The Kier molecular flexibility index (Phi) is 4.67. The number of aliphatic hydroxyl groups excluding tert-OH is 1. The summed E-state index contributed by atoms with van der Waals surface area (Å²) in [5.74, 6) is 0. The fourth-order valence-corrected chi connectivity index (χ4v) is 1.77. The van der Waals surface area contributed by atoms with Crippen molar-refractivity contribution in [3.8, 4) is 11.8 Å². The van der Waals surface area contributed by atoms with Gasteiger partial charge >= 0.3 is 0 Å². The van der Waals surface area contributed by atoms with Gasteiger partial charge in [0.15, 0.2) is 0 Å². The van der Waals surface area contributed by atoms with Gasteiger partial charge in [-0.05, 0) is 25.1 Å². The number of rotatable bonds is 6. The molecular weight excluding hydrogens is 240 g/mol. The Morgan fingerprint density at radius 3 is 2.84 bits per heavy atom. The maximum absolute atomic E-state index is 9.15. The van der Waals surface area contributed by atoms with Crippen LogP contribution in [0.5, 0.6) is 0 Å². The number of hydrogen-bond acceptors (Lipinski definition) is 4. The van der Waals surface area contributed by atoms with Gasteiger partial charge in [-0.3, -0.25) is 5.32 Å². The van der Waals surface area contributed by atoms with Crippen LogP contribution in [-0.2, 0) is 0 Å². The van der Waals surface area contributed by atoms with Gasteiger partial charge in [-0.25, -0.2) is 4.68 Å². The fourth-order valence-electron chi connectivity index (χ4n) is 1.77. The van der Waals surface area contributed by atoms with E-state index in [0.717, 1.165) is 11.3 Å². The Hall–Kier alpha value is -2.16. The second-order valence-electron chi connectivity index (χ2n) is 4.15. The second-order valence-corrected chi connectivity index (χ2v) is 4.15. The summed E-state index contributed by atoms with van der Waals surface area (Å²) >= 11 is 0. The van der Waals surface area contributed by atoms with Gasteiger partial charge in [-0.2, -0.15) is 10.4 Å². The molecule has 0 aliphatic heterocycles. The minimum Gasteiger partial charge on any atom is -0.396 e. The Morgan fingerprint density at radius 1 is 1.37 bits per heavy atom. The molecule has 1 aromatic carbocycles. The Balaban J connectivity index is 2.09. The standard InChI is InChI=1S/C14H16N4O/c15-9-14(16-7-4-8-19)12-10-17-18(11-12)13-5-2-1-3-6-13/h1-3,5-6,10-11,14,16,19H,4,7-8H2. The lowest BCUT2D eigenvalue weighted by atomic mass is 10.2. The molecule has 0 saturated carbocycles. The van der Waals surface area contributed by atoms with Gasteiger partial charge in [0, 0.05) is 18.4 Å². The highest BCUT2D eigenvalue weighted by Gasteiger charge is 2.12. The Morgan fingerprint density at radius 2 is 2.16 bits per heavy atom. The summed E-state index contributed by atoms with van der Waals surface area (Å²) in [6.07, 6.45) is 4.16. The van der Waals surface area contributed by atoms with E-state index in [2.05, 4.69) is 16.5 Å². The van der Waals surface area contributed by atoms with Crippen LogP contribution in [0.15, 0.2) is 42.7 Å². The molecule has 2 N–H and O–H groups in total. The number of nitrogens with zero attached hydrogens (tertiary/aromatic N) is 3. The molecule has 0 fully saturated rings. The molecule has 0 aliphatic rings. The second kappa shape index (κ2) is 6.69. The molecule has 0 saturated heterocycles. The number of nitrogens with one attached hydrogen (secondary N) is 1. The molecule has 1 atom stereocenters. The van der Waals surface area contributed by atoms with E-state index in [4.69, 9.17) is 10.4 Å². The van der Waals surface area contributed by atoms with Crippen LogP contribution in [0.4, 0.5) is 0 Å². The van der Waals surface area contributed by atoms with E-state index in [1.807, 2.05) is 36.5 Å². The van der Waals surface area contributed by atoms with Crippen molar-refractivity contribution in [2.45, 2.75) is 12.5 Å². The molecule has 5 heteroatoms. The van der Waals surface area contributed by atoms with Crippen LogP contribution >= 0.6 is 0 Å². The number of aliphatic hydroxyl groups is 1. The smallest absolute Gasteiger partial charge is 0.124 e. The highest BCUT2D eigenvalue weighted by atomic mass is 16.3. The van der Waals surface area contributed by atoms with Gasteiger partial charge in [-0.15, -0.1) is 0 Å². The molecule has 0 radical (unpaired) electrons. The predicted molar refractivity (Wildman–Crippen MR) is 71.6 cm³/mol. The summed E-state index contributed by atoms with van der Waals surface area (Å²) in [4.78, 5) is 0. The summed E-state index contributed by atoms with van der Waals surface area (Å²) in [6, 6.07) is 11.5. The van der Waals surface area contributed by atoms with Gasteiger partial charge in [0.2, 0.25) is 0 Å². The van der Waals surface area contributed by atoms with Gasteiger partial charge < -0.3 is 5.11 Å². The minimum absolute atomic E-state index is 0.119. The van der Waals surface area contributed by atoms with Crippen LogP contribution in [0.2, 0.25) is 0 Å². The van der Waals surface area contributed by atoms with Gasteiger partial charge in [0.1, 0.15) is 6.04 Å². The zero-order valence-electron chi connectivity index (χ0n) is 10.5. The van der Waals surface area contributed by atoms with E-state index in [-0.39, 0.29) is 6.61 Å². The van der Waals surface area contributed by atoms with Crippen molar-refractivity contribution >= 4 is 0 Å². The lowest BCUT2D eigenvalue weighted by Gasteiger charge is -2.08. The maximum atomic E-state index is 9.15. The predicted octanol–water partition coefficient (Wildman–Crippen LogP) is 1.41. The summed E-state index contributed by atoms with van der Waals surface area (Å²) in [5.41, 5.74) is 1.78. The molecule has 5 nitrogen and oxygen atoms in total. The molecule has 0 amide bonds. The molecule has 2 aromatic rings. The molecule has 19 heavy (non-hydrogen) atoms. The zero-order chi connectivity index (χ0) is 13.5. The topological polar surface area (TPSA) is 73.9 Å². The lowest BCUT2D eigenvalue weighted by Crippen LogP contribution is -2.21. The third-order valence-electron chi connectivity index (χ3n) is 2.77. The van der Waals surface area contributed by atoms with Crippen molar-refractivity contribution in [3.05, 3.63) is 48.3 Å². The summed E-state index contributed by atoms with van der Waals surface area (Å²) in [7, 11) is 0. The van der Waals surface area contributed by atoms with Gasteiger partial charge in [-0.1, -0.05) is 18.2 Å². The summed E-state index contributed by atoms with van der Waals surface area (Å²) < 4.78 is 1.74. The molecule has 1 heterocycles. The van der Waals surface area contributed by atoms with E-state index >= 15 is 0 Å². The third kappa shape index (κ3) is 3.41. The lowest BCUT2D eigenvalue weighted by molar-refractivity contribution is 0.285. The third-order valence-corrected chi connectivity index (χ3v) is 2.77. The monoisotopic (exact) mass is 256 g/mol. The largest absolute Gasteiger partial charge is 0.396 e. The normalized spacial score (nSPS) is 12.0. The highest BCUT2D eigenvalue weighted by molar-refractivity contribution is 5.32. The molecule has 1 unspecified atom stereocenters. The maximum Gasteiger partial charge on any atom is 0.124 e. The fraction of sp³-hybridized carbons (Fsp3) is 0.286. The zero-order valence-corrected chi connectivity index (χ0v) is 10.5. The summed E-state index contributed by atoms with van der Waals surface area (Å²) in [6.45, 7) is 0.722. The number of benzene rings is 1. The van der Waals surface area contributed by atoms with Crippen LogP contribution in [0.1, 0.15) is 18.0 Å². The van der Waals surface area contributed by atoms with Gasteiger partial charge in [0.25, 0.3) is 0 Å². The number of hydrogen-bond donors (Lipinski definition) is 2. The van der Waals surface area contributed by atoms with Crippen molar-refractivity contribution in [2.24, 2.45) is 0 Å². The van der Waals surface area contributed by atoms with E-state index in [0.29, 0.717) is 13.0 Å². The molecule has 2 rings (SSSR count). The van der Waals surface area contributed by atoms with Crippen molar-refractivity contribution in [1.82, 2.24) is 15.1 Å². The first-order valence-corrected chi connectivity index (χ1v) is 6.19.